The summed E-state index contributed by atoms with van der Waals surface area (Å²) < 4.78 is 7.44. The number of aryl methyl sites for hydroxylation is 3. The summed E-state index contributed by atoms with van der Waals surface area (Å²) in [6.45, 7) is 12.2. The summed E-state index contributed by atoms with van der Waals surface area (Å²) in [6, 6.07) is 8.62. The van der Waals surface area contributed by atoms with Gasteiger partial charge >= 0.3 is 6.09 Å². The second-order valence-electron chi connectivity index (χ2n) is 8.94. The average Bonchev–Trinajstić information content (AvgIpc) is 3.08. The molecular formula is C22H32N4O2. The van der Waals surface area contributed by atoms with Gasteiger partial charge < -0.3 is 9.64 Å². The molecule has 6 heteroatoms. The van der Waals surface area contributed by atoms with Crippen molar-refractivity contribution >= 4 is 6.09 Å². The Morgan fingerprint density at radius 1 is 1.25 bits per heavy atom. The molecule has 1 fully saturated rings. The van der Waals surface area contributed by atoms with Crippen molar-refractivity contribution in [3.63, 3.8) is 0 Å². The van der Waals surface area contributed by atoms with Crippen LogP contribution in [0.2, 0.25) is 0 Å². The van der Waals surface area contributed by atoms with E-state index in [4.69, 9.17) is 4.74 Å². The molecule has 1 saturated heterocycles. The molecule has 0 aliphatic carbocycles. The van der Waals surface area contributed by atoms with E-state index in [-0.39, 0.29) is 6.09 Å². The number of carbonyl (C=O) groups excluding carboxylic acids is 1. The standard InChI is InChI=1S/C22H32N4O2/c1-16-6-8-18(9-7-16)10-13-26-15-20(23-24-26)19-11-12-25(14-17(19)2)21(27)28-22(3,4)5/h6-9,15,17,19H,10-14H2,1-5H3/t17-,19-/m1/s1. The molecule has 1 aliphatic rings. The Hall–Kier alpha value is -2.37. The third kappa shape index (κ3) is 5.33. The summed E-state index contributed by atoms with van der Waals surface area (Å²) in [4.78, 5) is 14.1. The second-order valence-corrected chi connectivity index (χ2v) is 8.94. The van der Waals surface area contributed by atoms with Crippen LogP contribution in [-0.4, -0.2) is 44.7 Å². The Kier molecular flexibility index (Phi) is 6.06. The summed E-state index contributed by atoms with van der Waals surface area (Å²) in [5.74, 6) is 0.648. The van der Waals surface area contributed by atoms with Crippen LogP contribution < -0.4 is 0 Å². The van der Waals surface area contributed by atoms with Gasteiger partial charge in [0.2, 0.25) is 0 Å². The Morgan fingerprint density at radius 2 is 1.96 bits per heavy atom. The fourth-order valence-corrected chi connectivity index (χ4v) is 3.67. The lowest BCUT2D eigenvalue weighted by Crippen LogP contribution is -2.44. The van der Waals surface area contributed by atoms with Crippen molar-refractivity contribution in [1.29, 1.82) is 0 Å². The van der Waals surface area contributed by atoms with Crippen LogP contribution in [-0.2, 0) is 17.7 Å². The van der Waals surface area contributed by atoms with Gasteiger partial charge in [-0.05, 0) is 52.0 Å². The Bertz CT molecular complexity index is 792. The summed E-state index contributed by atoms with van der Waals surface area (Å²) in [5.41, 5.74) is 3.15. The van der Waals surface area contributed by atoms with Gasteiger partial charge in [-0.1, -0.05) is 42.0 Å². The van der Waals surface area contributed by atoms with Gasteiger partial charge in [-0.2, -0.15) is 0 Å². The molecule has 0 spiro atoms. The maximum atomic E-state index is 12.3. The summed E-state index contributed by atoms with van der Waals surface area (Å²) >= 11 is 0. The molecule has 0 bridgehead atoms. The Balaban J connectivity index is 1.55. The zero-order valence-electron chi connectivity index (χ0n) is 17.7. The number of hydrogen-bond donors (Lipinski definition) is 0. The van der Waals surface area contributed by atoms with Crippen molar-refractivity contribution in [2.75, 3.05) is 13.1 Å². The van der Waals surface area contributed by atoms with E-state index >= 15 is 0 Å². The lowest BCUT2D eigenvalue weighted by atomic mass is 9.85. The van der Waals surface area contributed by atoms with Gasteiger partial charge in [-0.25, -0.2) is 4.79 Å². The van der Waals surface area contributed by atoms with Gasteiger partial charge in [0.1, 0.15) is 5.60 Å². The molecule has 2 atom stereocenters. The molecule has 152 valence electrons. The third-order valence-electron chi connectivity index (χ3n) is 5.24. The lowest BCUT2D eigenvalue weighted by Gasteiger charge is -2.36. The summed E-state index contributed by atoms with van der Waals surface area (Å²) in [5, 5.41) is 8.75. The number of piperidine rings is 1. The molecule has 0 unspecified atom stereocenters. The molecule has 2 heterocycles. The van der Waals surface area contributed by atoms with Gasteiger partial charge in [-0.15, -0.1) is 5.10 Å². The SMILES string of the molecule is Cc1ccc(CCn2cc([C@@H]3CCN(C(=O)OC(C)(C)C)C[C@H]3C)nn2)cc1. The zero-order chi connectivity index (χ0) is 20.3. The first-order chi connectivity index (χ1) is 13.2. The summed E-state index contributed by atoms with van der Waals surface area (Å²) in [6.07, 6.45) is 3.67. The highest BCUT2D eigenvalue weighted by atomic mass is 16.6. The van der Waals surface area contributed by atoms with E-state index in [1.165, 1.54) is 11.1 Å². The molecule has 1 aromatic heterocycles. The zero-order valence-corrected chi connectivity index (χ0v) is 17.7. The van der Waals surface area contributed by atoms with Gasteiger partial charge in [0.25, 0.3) is 0 Å². The van der Waals surface area contributed by atoms with E-state index in [0.717, 1.165) is 25.1 Å². The normalized spacial score (nSPS) is 20.2. The molecule has 2 aromatic rings. The van der Waals surface area contributed by atoms with E-state index in [2.05, 4.69) is 54.6 Å². The quantitative estimate of drug-likeness (QED) is 0.793. The predicted molar refractivity (Wildman–Crippen MR) is 109 cm³/mol. The molecule has 0 saturated carbocycles. The van der Waals surface area contributed by atoms with E-state index in [1.54, 1.807) is 0 Å². The number of hydrogen-bond acceptors (Lipinski definition) is 4. The molecule has 28 heavy (non-hydrogen) atoms. The maximum Gasteiger partial charge on any atom is 0.410 e. The molecule has 0 radical (unpaired) electrons. The van der Waals surface area contributed by atoms with Crippen molar-refractivity contribution in [2.24, 2.45) is 5.92 Å². The number of carbonyl (C=O) groups is 1. The van der Waals surface area contributed by atoms with E-state index in [1.807, 2.05) is 30.4 Å². The third-order valence-corrected chi connectivity index (χ3v) is 5.24. The van der Waals surface area contributed by atoms with Crippen molar-refractivity contribution in [3.05, 3.63) is 47.3 Å². The topological polar surface area (TPSA) is 60.2 Å². The number of aromatic nitrogens is 3. The Labute approximate surface area is 167 Å². The van der Waals surface area contributed by atoms with Crippen molar-refractivity contribution in [1.82, 2.24) is 19.9 Å². The molecule has 3 rings (SSSR count). The minimum Gasteiger partial charge on any atom is -0.444 e. The smallest absolute Gasteiger partial charge is 0.410 e. The lowest BCUT2D eigenvalue weighted by molar-refractivity contribution is 0.0154. The van der Waals surface area contributed by atoms with Crippen LogP contribution in [0.3, 0.4) is 0 Å². The van der Waals surface area contributed by atoms with Crippen LogP contribution in [0.4, 0.5) is 4.79 Å². The predicted octanol–water partition coefficient (Wildman–Crippen LogP) is 4.19. The van der Waals surface area contributed by atoms with Gasteiger partial charge in [-0.3, -0.25) is 4.68 Å². The van der Waals surface area contributed by atoms with Crippen LogP contribution >= 0.6 is 0 Å². The highest BCUT2D eigenvalue weighted by Gasteiger charge is 2.33. The maximum absolute atomic E-state index is 12.3. The highest BCUT2D eigenvalue weighted by Crippen LogP contribution is 2.32. The molecule has 0 N–H and O–H groups in total. The van der Waals surface area contributed by atoms with Crippen LogP contribution in [0.5, 0.6) is 0 Å². The Morgan fingerprint density at radius 3 is 2.61 bits per heavy atom. The fraction of sp³-hybridized carbons (Fsp3) is 0.591. The number of benzene rings is 1. The van der Waals surface area contributed by atoms with Crippen molar-refractivity contribution in [3.8, 4) is 0 Å². The van der Waals surface area contributed by atoms with Crippen LogP contribution in [0.25, 0.3) is 0 Å². The van der Waals surface area contributed by atoms with E-state index < -0.39 is 5.60 Å². The minimum atomic E-state index is -0.461. The molecule has 6 nitrogen and oxygen atoms in total. The van der Waals surface area contributed by atoms with Gasteiger partial charge in [0, 0.05) is 31.7 Å². The number of nitrogens with zero attached hydrogens (tertiary/aromatic N) is 4. The highest BCUT2D eigenvalue weighted by molar-refractivity contribution is 5.68. The number of likely N-dealkylation sites (tertiary alicyclic amines) is 1. The van der Waals surface area contributed by atoms with Crippen molar-refractivity contribution in [2.45, 2.75) is 65.5 Å². The minimum absolute atomic E-state index is 0.223. The first-order valence-electron chi connectivity index (χ1n) is 10.1. The molecule has 1 amide bonds. The number of ether oxygens (including phenoxy) is 1. The number of amides is 1. The van der Waals surface area contributed by atoms with Crippen LogP contribution in [0.15, 0.2) is 30.5 Å². The van der Waals surface area contributed by atoms with Crippen LogP contribution in [0, 0.1) is 12.8 Å². The van der Waals surface area contributed by atoms with E-state index in [0.29, 0.717) is 24.9 Å². The van der Waals surface area contributed by atoms with Crippen LogP contribution in [0.1, 0.15) is 56.9 Å². The summed E-state index contributed by atoms with van der Waals surface area (Å²) in [7, 11) is 0. The van der Waals surface area contributed by atoms with E-state index in [9.17, 15) is 4.79 Å². The van der Waals surface area contributed by atoms with Crippen molar-refractivity contribution < 1.29 is 9.53 Å². The monoisotopic (exact) mass is 384 g/mol. The largest absolute Gasteiger partial charge is 0.444 e. The first kappa shape index (κ1) is 20.4. The first-order valence-corrected chi connectivity index (χ1v) is 10.1. The number of rotatable bonds is 4. The molecular weight excluding hydrogens is 352 g/mol. The molecule has 1 aromatic carbocycles. The van der Waals surface area contributed by atoms with Gasteiger partial charge in [0.05, 0.1) is 5.69 Å². The molecule has 1 aliphatic heterocycles. The average molecular weight is 385 g/mol. The van der Waals surface area contributed by atoms with Gasteiger partial charge in [0.15, 0.2) is 0 Å². The fourth-order valence-electron chi connectivity index (χ4n) is 3.67. The second kappa shape index (κ2) is 8.33.